The number of hydrogen-bond donors (Lipinski definition) is 1. The van der Waals surface area contributed by atoms with Crippen molar-refractivity contribution < 1.29 is 0 Å². The average molecular weight is 233 g/mol. The van der Waals surface area contributed by atoms with Crippen molar-refractivity contribution in [2.24, 2.45) is 17.8 Å². The smallest absolute Gasteiger partial charge is 0.0101 e. The van der Waals surface area contributed by atoms with Crippen molar-refractivity contribution >= 4 is 0 Å². The molecule has 2 aliphatic rings. The van der Waals surface area contributed by atoms with Gasteiger partial charge in [0.25, 0.3) is 0 Å². The van der Waals surface area contributed by atoms with Crippen LogP contribution in [0.4, 0.5) is 0 Å². The molecule has 2 rings (SSSR count). The first kappa shape index (κ1) is 13.0. The third-order valence-corrected chi connectivity index (χ3v) is 5.12. The van der Waals surface area contributed by atoms with E-state index in [0.29, 0.717) is 6.04 Å². The number of terminal acetylenes is 1. The third-order valence-electron chi connectivity index (χ3n) is 5.12. The summed E-state index contributed by atoms with van der Waals surface area (Å²) >= 11 is 0. The standard InChI is InChI=1S/C16H27N/c1-3-4-9-16(17-2)15-11-10-13-7-5-6-8-14(13)12-15/h1,13-17H,4-12H2,2H3. The maximum absolute atomic E-state index is 5.39. The summed E-state index contributed by atoms with van der Waals surface area (Å²) in [6.45, 7) is 0. The lowest BCUT2D eigenvalue weighted by molar-refractivity contribution is 0.109. The molecule has 1 N–H and O–H groups in total. The molecule has 96 valence electrons. The van der Waals surface area contributed by atoms with Crippen LogP contribution in [0.25, 0.3) is 0 Å². The van der Waals surface area contributed by atoms with Crippen molar-refractivity contribution in [1.29, 1.82) is 0 Å². The van der Waals surface area contributed by atoms with Gasteiger partial charge in [-0.3, -0.25) is 0 Å². The molecule has 0 radical (unpaired) electrons. The van der Waals surface area contributed by atoms with Crippen molar-refractivity contribution in [1.82, 2.24) is 5.32 Å². The zero-order valence-electron chi connectivity index (χ0n) is 11.3. The van der Waals surface area contributed by atoms with Gasteiger partial charge in [0, 0.05) is 12.5 Å². The van der Waals surface area contributed by atoms with E-state index in [9.17, 15) is 0 Å². The zero-order chi connectivity index (χ0) is 12.1. The predicted molar refractivity (Wildman–Crippen MR) is 73.7 cm³/mol. The molecular formula is C16H27N. The molecule has 0 aliphatic heterocycles. The first-order chi connectivity index (χ1) is 8.35. The van der Waals surface area contributed by atoms with E-state index in [1.54, 1.807) is 0 Å². The van der Waals surface area contributed by atoms with Crippen LogP contribution in [0.15, 0.2) is 0 Å². The van der Waals surface area contributed by atoms with Crippen molar-refractivity contribution in [3.05, 3.63) is 0 Å². The first-order valence-electron chi connectivity index (χ1n) is 7.46. The average Bonchev–Trinajstić information content (AvgIpc) is 2.39. The van der Waals surface area contributed by atoms with Gasteiger partial charge in [0.2, 0.25) is 0 Å². The van der Waals surface area contributed by atoms with E-state index in [0.717, 1.165) is 30.6 Å². The van der Waals surface area contributed by atoms with Crippen LogP contribution in [-0.4, -0.2) is 13.1 Å². The molecule has 1 heteroatoms. The van der Waals surface area contributed by atoms with Crippen LogP contribution in [-0.2, 0) is 0 Å². The maximum Gasteiger partial charge on any atom is 0.0101 e. The highest BCUT2D eigenvalue weighted by atomic mass is 14.9. The van der Waals surface area contributed by atoms with E-state index >= 15 is 0 Å². The summed E-state index contributed by atoms with van der Waals surface area (Å²) in [7, 11) is 2.11. The summed E-state index contributed by atoms with van der Waals surface area (Å²) in [6, 6.07) is 0.661. The molecule has 0 saturated heterocycles. The lowest BCUT2D eigenvalue weighted by atomic mass is 9.66. The van der Waals surface area contributed by atoms with E-state index in [1.807, 2.05) is 0 Å². The van der Waals surface area contributed by atoms with Gasteiger partial charge in [-0.1, -0.05) is 25.7 Å². The SMILES string of the molecule is C#CCCC(NC)C1CCC2CCCCC2C1. The van der Waals surface area contributed by atoms with Crippen molar-refractivity contribution in [2.45, 2.75) is 63.8 Å². The summed E-state index contributed by atoms with van der Waals surface area (Å²) in [5, 5.41) is 3.51. The normalized spacial score (nSPS) is 34.7. The molecule has 0 aromatic carbocycles. The van der Waals surface area contributed by atoms with E-state index in [1.165, 1.54) is 44.9 Å². The van der Waals surface area contributed by atoms with Crippen LogP contribution in [0, 0.1) is 30.1 Å². The Hall–Kier alpha value is -0.480. The molecule has 2 fully saturated rings. The minimum Gasteiger partial charge on any atom is -0.317 e. The summed E-state index contributed by atoms with van der Waals surface area (Å²) < 4.78 is 0. The van der Waals surface area contributed by atoms with Crippen LogP contribution in [0.2, 0.25) is 0 Å². The lowest BCUT2D eigenvalue weighted by Gasteiger charge is -2.42. The number of hydrogen-bond acceptors (Lipinski definition) is 1. The quantitative estimate of drug-likeness (QED) is 0.732. The van der Waals surface area contributed by atoms with Gasteiger partial charge >= 0.3 is 0 Å². The van der Waals surface area contributed by atoms with Crippen LogP contribution >= 0.6 is 0 Å². The van der Waals surface area contributed by atoms with Crippen molar-refractivity contribution in [3.8, 4) is 12.3 Å². The largest absolute Gasteiger partial charge is 0.317 e. The molecule has 0 aromatic heterocycles. The van der Waals surface area contributed by atoms with Crippen molar-refractivity contribution in [3.63, 3.8) is 0 Å². The summed E-state index contributed by atoms with van der Waals surface area (Å²) in [5.74, 6) is 5.76. The van der Waals surface area contributed by atoms with E-state index in [-0.39, 0.29) is 0 Å². The van der Waals surface area contributed by atoms with E-state index in [4.69, 9.17) is 6.42 Å². The Balaban J connectivity index is 1.87. The van der Waals surface area contributed by atoms with Gasteiger partial charge in [0.15, 0.2) is 0 Å². The van der Waals surface area contributed by atoms with Gasteiger partial charge in [-0.05, 0) is 50.5 Å². The van der Waals surface area contributed by atoms with Gasteiger partial charge < -0.3 is 5.32 Å². The fourth-order valence-corrected chi connectivity index (χ4v) is 4.13. The lowest BCUT2D eigenvalue weighted by Crippen LogP contribution is -2.39. The minimum absolute atomic E-state index is 0.661. The summed E-state index contributed by atoms with van der Waals surface area (Å²) in [5.41, 5.74) is 0. The van der Waals surface area contributed by atoms with Gasteiger partial charge in [0.05, 0.1) is 0 Å². The topological polar surface area (TPSA) is 12.0 Å². The highest BCUT2D eigenvalue weighted by Crippen LogP contribution is 2.43. The summed E-state index contributed by atoms with van der Waals surface area (Å²) in [6.07, 6.45) is 17.8. The monoisotopic (exact) mass is 233 g/mol. The Morgan fingerprint density at radius 3 is 2.65 bits per heavy atom. The van der Waals surface area contributed by atoms with Crippen LogP contribution in [0.3, 0.4) is 0 Å². The predicted octanol–water partition coefficient (Wildman–Crippen LogP) is 3.59. The molecule has 17 heavy (non-hydrogen) atoms. The minimum atomic E-state index is 0.661. The molecule has 0 heterocycles. The van der Waals surface area contributed by atoms with Gasteiger partial charge in [0.1, 0.15) is 0 Å². The highest BCUT2D eigenvalue weighted by molar-refractivity contribution is 4.91. The molecule has 0 amide bonds. The third kappa shape index (κ3) is 3.26. The molecule has 2 aliphatic carbocycles. The highest BCUT2D eigenvalue weighted by Gasteiger charge is 2.34. The molecular weight excluding hydrogens is 206 g/mol. The Morgan fingerprint density at radius 1 is 1.18 bits per heavy atom. The molecule has 0 bridgehead atoms. The Kier molecular flexibility index (Phi) is 4.92. The fraction of sp³-hybridized carbons (Fsp3) is 0.875. The van der Waals surface area contributed by atoms with Gasteiger partial charge in [-0.25, -0.2) is 0 Å². The first-order valence-corrected chi connectivity index (χ1v) is 7.46. The maximum atomic E-state index is 5.39. The second-order valence-corrected chi connectivity index (χ2v) is 6.02. The molecule has 4 unspecified atom stereocenters. The van der Waals surface area contributed by atoms with Crippen LogP contribution in [0.1, 0.15) is 57.8 Å². The molecule has 1 nitrogen and oxygen atoms in total. The molecule has 2 saturated carbocycles. The Morgan fingerprint density at radius 2 is 1.94 bits per heavy atom. The van der Waals surface area contributed by atoms with E-state index in [2.05, 4.69) is 18.3 Å². The Bertz CT molecular complexity index is 265. The van der Waals surface area contributed by atoms with E-state index < -0.39 is 0 Å². The molecule has 0 spiro atoms. The summed E-state index contributed by atoms with van der Waals surface area (Å²) in [4.78, 5) is 0. The zero-order valence-corrected chi connectivity index (χ0v) is 11.3. The van der Waals surface area contributed by atoms with Gasteiger partial charge in [-0.2, -0.15) is 0 Å². The number of rotatable bonds is 4. The van der Waals surface area contributed by atoms with Gasteiger partial charge in [-0.15, -0.1) is 12.3 Å². The number of fused-ring (bicyclic) bond motifs is 1. The Labute approximate surface area is 107 Å². The molecule has 4 atom stereocenters. The van der Waals surface area contributed by atoms with Crippen molar-refractivity contribution in [2.75, 3.05) is 7.05 Å². The molecule has 0 aromatic rings. The van der Waals surface area contributed by atoms with Crippen LogP contribution in [0.5, 0.6) is 0 Å². The second kappa shape index (κ2) is 6.45. The fourth-order valence-electron chi connectivity index (χ4n) is 4.13. The van der Waals surface area contributed by atoms with Crippen LogP contribution < -0.4 is 5.32 Å². The second-order valence-electron chi connectivity index (χ2n) is 6.02. The number of nitrogens with one attached hydrogen (secondary N) is 1.